The van der Waals surface area contributed by atoms with Crippen molar-refractivity contribution < 1.29 is 13.9 Å². The first-order valence-electron chi connectivity index (χ1n) is 10.0. The lowest BCUT2D eigenvalue weighted by atomic mass is 10.1. The average Bonchev–Trinajstić information content (AvgIpc) is 3.42. The number of hydrogen-bond donors (Lipinski definition) is 1. The maximum absolute atomic E-state index is 12.9. The molecule has 0 saturated carbocycles. The lowest BCUT2D eigenvalue weighted by Crippen LogP contribution is -2.35. The van der Waals surface area contributed by atoms with Crippen LogP contribution >= 0.6 is 11.3 Å². The summed E-state index contributed by atoms with van der Waals surface area (Å²) in [6.45, 7) is 0.218. The molecule has 0 bridgehead atoms. The van der Waals surface area contributed by atoms with Crippen molar-refractivity contribution >= 4 is 38.5 Å². The van der Waals surface area contributed by atoms with Crippen molar-refractivity contribution in [2.75, 3.05) is 0 Å². The van der Waals surface area contributed by atoms with E-state index in [9.17, 15) is 14.4 Å². The van der Waals surface area contributed by atoms with Crippen LogP contribution in [0.15, 0.2) is 80.7 Å². The second-order valence-electron chi connectivity index (χ2n) is 7.30. The third kappa shape index (κ3) is 3.88. The molecule has 0 aliphatic rings. The highest BCUT2D eigenvalue weighted by molar-refractivity contribution is 7.20. The zero-order valence-corrected chi connectivity index (χ0v) is 17.7. The molecule has 3 aromatic heterocycles. The number of fused-ring (bicyclic) bond motifs is 2. The molecule has 0 spiro atoms. The molecule has 0 aliphatic heterocycles. The van der Waals surface area contributed by atoms with Crippen molar-refractivity contribution in [1.82, 2.24) is 9.55 Å². The summed E-state index contributed by atoms with van der Waals surface area (Å²) in [6.07, 6.45) is 0.547. The Morgan fingerprint density at radius 1 is 1.03 bits per heavy atom. The van der Waals surface area contributed by atoms with E-state index in [1.807, 2.05) is 60.7 Å². The number of thiophene rings is 1. The number of aromatic nitrogens is 2. The van der Waals surface area contributed by atoms with E-state index < -0.39 is 17.2 Å². The average molecular weight is 446 g/mol. The lowest BCUT2D eigenvalue weighted by molar-refractivity contribution is 0.0453. The van der Waals surface area contributed by atoms with E-state index in [0.29, 0.717) is 28.0 Å². The van der Waals surface area contributed by atoms with Gasteiger partial charge < -0.3 is 9.15 Å². The Morgan fingerprint density at radius 2 is 1.81 bits per heavy atom. The molecule has 0 fully saturated rings. The smallest absolute Gasteiger partial charge is 0.348 e. The summed E-state index contributed by atoms with van der Waals surface area (Å²) in [5, 5.41) is 1.22. The van der Waals surface area contributed by atoms with Gasteiger partial charge in [-0.1, -0.05) is 48.5 Å². The summed E-state index contributed by atoms with van der Waals surface area (Å²) >= 11 is 1.02. The van der Waals surface area contributed by atoms with Crippen LogP contribution in [0.3, 0.4) is 0 Å². The molecule has 160 valence electrons. The summed E-state index contributed by atoms with van der Waals surface area (Å²) < 4.78 is 12.2. The molecule has 0 saturated heterocycles. The maximum atomic E-state index is 12.9. The van der Waals surface area contributed by atoms with Crippen molar-refractivity contribution in [1.29, 1.82) is 0 Å². The highest BCUT2D eigenvalue weighted by atomic mass is 32.1. The summed E-state index contributed by atoms with van der Waals surface area (Å²) in [4.78, 5) is 41.1. The Labute approximate surface area is 185 Å². The van der Waals surface area contributed by atoms with Crippen LogP contribution in [0, 0.1) is 0 Å². The van der Waals surface area contributed by atoms with Crippen molar-refractivity contribution in [3.8, 4) is 0 Å². The van der Waals surface area contributed by atoms with Gasteiger partial charge >= 0.3 is 11.7 Å². The Balaban J connectivity index is 1.35. The molecular weight excluding hydrogens is 428 g/mol. The van der Waals surface area contributed by atoms with E-state index in [2.05, 4.69) is 4.98 Å². The van der Waals surface area contributed by atoms with E-state index in [0.717, 1.165) is 26.9 Å². The van der Waals surface area contributed by atoms with Crippen LogP contribution in [0.1, 0.15) is 21.0 Å². The van der Waals surface area contributed by atoms with Gasteiger partial charge in [0.15, 0.2) is 0 Å². The Kier molecular flexibility index (Phi) is 5.20. The molecule has 1 N–H and O–H groups in total. The van der Waals surface area contributed by atoms with E-state index >= 15 is 0 Å². The molecule has 0 unspecified atom stereocenters. The van der Waals surface area contributed by atoms with E-state index in [1.165, 1.54) is 6.07 Å². The molecule has 3 heterocycles. The normalized spacial score (nSPS) is 11.2. The third-order valence-corrected chi connectivity index (χ3v) is 6.19. The van der Waals surface area contributed by atoms with Crippen molar-refractivity contribution in [2.24, 2.45) is 0 Å². The summed E-state index contributed by atoms with van der Waals surface area (Å²) in [6, 6.07) is 20.4. The molecule has 5 rings (SSSR count). The van der Waals surface area contributed by atoms with Gasteiger partial charge in [0.05, 0.1) is 5.39 Å². The van der Waals surface area contributed by atoms with Crippen LogP contribution in [0.25, 0.3) is 21.2 Å². The van der Waals surface area contributed by atoms with Crippen LogP contribution in [0.5, 0.6) is 0 Å². The topological polar surface area (TPSA) is 94.3 Å². The molecule has 0 atom stereocenters. The number of aromatic amines is 1. The molecule has 8 heteroatoms. The fraction of sp³-hybridized carbons (Fsp3) is 0.125. The van der Waals surface area contributed by atoms with Crippen LogP contribution in [-0.4, -0.2) is 15.5 Å². The number of ether oxygens (including phenoxy) is 1. The van der Waals surface area contributed by atoms with Gasteiger partial charge in [0.25, 0.3) is 5.56 Å². The molecular formula is C24H18N2O5S. The number of aryl methyl sites for hydroxylation is 1. The number of carbonyl (C=O) groups excluding carboxylic acids is 1. The van der Waals surface area contributed by atoms with Gasteiger partial charge in [0, 0.05) is 11.9 Å². The Morgan fingerprint density at radius 3 is 2.62 bits per heavy atom. The molecule has 7 nitrogen and oxygen atoms in total. The number of H-pyrrole nitrogens is 1. The molecule has 0 radical (unpaired) electrons. The largest absolute Gasteiger partial charge is 0.457 e. The van der Waals surface area contributed by atoms with Crippen molar-refractivity contribution in [3.05, 3.63) is 104 Å². The monoisotopic (exact) mass is 446 g/mol. The molecule has 0 aliphatic carbocycles. The highest BCUT2D eigenvalue weighted by Crippen LogP contribution is 2.23. The van der Waals surface area contributed by atoms with Gasteiger partial charge in [-0.15, -0.1) is 11.3 Å². The van der Waals surface area contributed by atoms with Gasteiger partial charge in [-0.2, -0.15) is 0 Å². The van der Waals surface area contributed by atoms with Crippen molar-refractivity contribution in [3.63, 3.8) is 0 Å². The maximum Gasteiger partial charge on any atom is 0.348 e. The number of para-hydroxylation sites is 1. The predicted molar refractivity (Wildman–Crippen MR) is 122 cm³/mol. The Hall–Kier alpha value is -3.91. The number of esters is 1. The SMILES string of the molecule is O=C(OCc1cc2ccccc2o1)c1cc2c(=O)n(CCc3ccccc3)c(=O)[nH]c2s1. The first-order chi connectivity index (χ1) is 15.6. The number of carbonyl (C=O) groups is 1. The minimum atomic E-state index is -0.581. The second-order valence-corrected chi connectivity index (χ2v) is 8.35. The molecule has 5 aromatic rings. The quantitative estimate of drug-likeness (QED) is 0.397. The predicted octanol–water partition coefficient (Wildman–Crippen LogP) is 4.10. The Bertz CT molecular complexity index is 1510. The van der Waals surface area contributed by atoms with Crippen LogP contribution in [0.4, 0.5) is 0 Å². The molecule has 0 amide bonds. The minimum Gasteiger partial charge on any atom is -0.457 e. The lowest BCUT2D eigenvalue weighted by Gasteiger charge is -2.04. The number of nitrogens with one attached hydrogen (secondary N) is 1. The first kappa shape index (κ1) is 20.0. The van der Waals surface area contributed by atoms with Crippen molar-refractivity contribution in [2.45, 2.75) is 19.6 Å². The van der Waals surface area contributed by atoms with Gasteiger partial charge in [-0.3, -0.25) is 14.3 Å². The van der Waals surface area contributed by atoms with E-state index in [1.54, 1.807) is 0 Å². The third-order valence-electron chi connectivity index (χ3n) is 5.16. The highest BCUT2D eigenvalue weighted by Gasteiger charge is 2.17. The zero-order chi connectivity index (χ0) is 22.1. The second kappa shape index (κ2) is 8.32. The van der Waals surface area contributed by atoms with E-state index in [-0.39, 0.29) is 18.0 Å². The zero-order valence-electron chi connectivity index (χ0n) is 16.9. The van der Waals surface area contributed by atoms with E-state index in [4.69, 9.17) is 9.15 Å². The minimum absolute atomic E-state index is 0.0282. The van der Waals surface area contributed by atoms with Crippen LogP contribution in [-0.2, 0) is 24.3 Å². The van der Waals surface area contributed by atoms with Gasteiger partial charge in [-0.05, 0) is 30.2 Å². The van der Waals surface area contributed by atoms with Gasteiger partial charge in [-0.25, -0.2) is 9.59 Å². The fourth-order valence-corrected chi connectivity index (χ4v) is 4.48. The van der Waals surface area contributed by atoms with Crippen LogP contribution in [0.2, 0.25) is 0 Å². The summed E-state index contributed by atoms with van der Waals surface area (Å²) in [7, 11) is 0. The number of hydrogen-bond acceptors (Lipinski definition) is 6. The van der Waals surface area contributed by atoms with Crippen LogP contribution < -0.4 is 11.2 Å². The fourth-order valence-electron chi connectivity index (χ4n) is 3.55. The van der Waals surface area contributed by atoms with Gasteiger partial charge in [0.2, 0.25) is 0 Å². The molecule has 2 aromatic carbocycles. The number of rotatable bonds is 6. The molecule has 32 heavy (non-hydrogen) atoms. The summed E-state index contributed by atoms with van der Waals surface area (Å²) in [5.41, 5.74) is 0.822. The first-order valence-corrected chi connectivity index (χ1v) is 10.9. The summed E-state index contributed by atoms with van der Waals surface area (Å²) in [5.74, 6) is -0.0555. The standard InChI is InChI=1S/C24H18N2O5S/c27-22-18-13-20(23(28)30-14-17-12-16-8-4-5-9-19(16)31-17)32-21(18)25-24(29)26(22)11-10-15-6-2-1-3-7-15/h1-9,12-13H,10-11,14H2,(H,25,29). The number of furan rings is 1. The van der Waals surface area contributed by atoms with Gasteiger partial charge in [0.1, 0.15) is 27.7 Å². The number of nitrogens with zero attached hydrogens (tertiary/aromatic N) is 1. The number of benzene rings is 2.